The van der Waals surface area contributed by atoms with Crippen molar-refractivity contribution in [2.75, 3.05) is 11.9 Å². The highest BCUT2D eigenvalue weighted by Crippen LogP contribution is 2.16. The number of amides is 1. The molecule has 1 rings (SSSR count). The zero-order chi connectivity index (χ0) is 15.7. The number of rotatable bonds is 9. The third kappa shape index (κ3) is 6.98. The molecule has 1 N–H and O–H groups in total. The van der Waals surface area contributed by atoms with Gasteiger partial charge < -0.3 is 10.1 Å². The van der Waals surface area contributed by atoms with Crippen molar-refractivity contribution >= 4 is 21.8 Å². The molecule has 1 unspecified atom stereocenters. The van der Waals surface area contributed by atoms with Gasteiger partial charge in [0, 0.05) is 17.4 Å². The predicted octanol–water partition coefficient (Wildman–Crippen LogP) is 4.40. The third-order valence-electron chi connectivity index (χ3n) is 3.23. The second kappa shape index (κ2) is 9.82. The van der Waals surface area contributed by atoms with Gasteiger partial charge in [-0.3, -0.25) is 4.79 Å². The standard InChI is InChI=1S/C17H26BrNO2/c1-4-6-14(9-10-18)12-19-17(20)15-7-5-8-16(11-15)21-13(2)3/h5,7-8,11,13-14H,4,6,9-10,12H2,1-3H3,(H,19,20). The summed E-state index contributed by atoms with van der Waals surface area (Å²) in [5.41, 5.74) is 0.655. The zero-order valence-electron chi connectivity index (χ0n) is 13.2. The molecule has 0 saturated carbocycles. The second-order valence-corrected chi connectivity index (χ2v) is 6.33. The summed E-state index contributed by atoms with van der Waals surface area (Å²) < 4.78 is 5.62. The Balaban J connectivity index is 2.58. The number of ether oxygens (including phenoxy) is 1. The molecule has 0 saturated heterocycles. The van der Waals surface area contributed by atoms with Gasteiger partial charge in [-0.15, -0.1) is 0 Å². The Morgan fingerprint density at radius 1 is 1.33 bits per heavy atom. The second-order valence-electron chi connectivity index (χ2n) is 5.54. The largest absolute Gasteiger partial charge is 0.491 e. The molecule has 0 aliphatic carbocycles. The van der Waals surface area contributed by atoms with Crippen LogP contribution in [0.1, 0.15) is 50.4 Å². The number of alkyl halides is 1. The fourth-order valence-corrected chi connectivity index (χ4v) is 2.88. The lowest BCUT2D eigenvalue weighted by atomic mass is 10.0. The minimum absolute atomic E-state index is 0.0279. The monoisotopic (exact) mass is 355 g/mol. The molecule has 4 heteroatoms. The summed E-state index contributed by atoms with van der Waals surface area (Å²) >= 11 is 3.48. The van der Waals surface area contributed by atoms with Gasteiger partial charge in [-0.05, 0) is 50.8 Å². The first-order chi connectivity index (χ1) is 10.1. The maximum Gasteiger partial charge on any atom is 0.251 e. The number of hydrogen-bond donors (Lipinski definition) is 1. The van der Waals surface area contributed by atoms with E-state index in [2.05, 4.69) is 28.2 Å². The lowest BCUT2D eigenvalue weighted by Gasteiger charge is -2.16. The van der Waals surface area contributed by atoms with Crippen LogP contribution in [0.25, 0.3) is 0 Å². The van der Waals surface area contributed by atoms with Crippen LogP contribution in [-0.2, 0) is 0 Å². The minimum atomic E-state index is -0.0279. The highest BCUT2D eigenvalue weighted by atomic mass is 79.9. The SMILES string of the molecule is CCCC(CCBr)CNC(=O)c1cccc(OC(C)C)c1. The molecule has 0 aliphatic heterocycles. The average Bonchev–Trinajstić information content (AvgIpc) is 2.44. The maximum absolute atomic E-state index is 12.2. The predicted molar refractivity (Wildman–Crippen MR) is 91.3 cm³/mol. The molecular weight excluding hydrogens is 330 g/mol. The highest BCUT2D eigenvalue weighted by Gasteiger charge is 2.11. The van der Waals surface area contributed by atoms with Gasteiger partial charge in [0.25, 0.3) is 5.91 Å². The van der Waals surface area contributed by atoms with Gasteiger partial charge in [0.15, 0.2) is 0 Å². The summed E-state index contributed by atoms with van der Waals surface area (Å²) in [6, 6.07) is 7.35. The van der Waals surface area contributed by atoms with Gasteiger partial charge in [0.05, 0.1) is 6.10 Å². The Kier molecular flexibility index (Phi) is 8.43. The van der Waals surface area contributed by atoms with Crippen molar-refractivity contribution < 1.29 is 9.53 Å². The topological polar surface area (TPSA) is 38.3 Å². The Labute approximate surface area is 136 Å². The third-order valence-corrected chi connectivity index (χ3v) is 3.69. The summed E-state index contributed by atoms with van der Waals surface area (Å²) in [6.07, 6.45) is 3.48. The first kappa shape index (κ1) is 18.0. The summed E-state index contributed by atoms with van der Waals surface area (Å²) in [6.45, 7) is 6.86. The molecule has 21 heavy (non-hydrogen) atoms. The molecule has 1 atom stereocenters. The molecule has 0 fully saturated rings. The summed E-state index contributed by atoms with van der Waals surface area (Å²) in [7, 11) is 0. The minimum Gasteiger partial charge on any atom is -0.491 e. The summed E-state index contributed by atoms with van der Waals surface area (Å²) in [5.74, 6) is 1.25. The first-order valence-corrected chi connectivity index (χ1v) is 8.79. The van der Waals surface area contributed by atoms with Crippen LogP contribution >= 0.6 is 15.9 Å². The van der Waals surface area contributed by atoms with Crippen molar-refractivity contribution in [1.82, 2.24) is 5.32 Å². The van der Waals surface area contributed by atoms with Crippen LogP contribution in [0.3, 0.4) is 0 Å². The van der Waals surface area contributed by atoms with Gasteiger partial charge >= 0.3 is 0 Å². The number of carbonyl (C=O) groups is 1. The number of halogens is 1. The lowest BCUT2D eigenvalue weighted by Crippen LogP contribution is -2.29. The van der Waals surface area contributed by atoms with Gasteiger partial charge in [-0.2, -0.15) is 0 Å². The fourth-order valence-electron chi connectivity index (χ4n) is 2.23. The van der Waals surface area contributed by atoms with E-state index in [0.717, 1.165) is 36.9 Å². The van der Waals surface area contributed by atoms with Crippen LogP contribution in [0, 0.1) is 5.92 Å². The van der Waals surface area contributed by atoms with E-state index in [1.165, 1.54) is 0 Å². The molecule has 1 aromatic rings. The lowest BCUT2D eigenvalue weighted by molar-refractivity contribution is 0.0945. The van der Waals surface area contributed by atoms with E-state index in [1.807, 2.05) is 32.0 Å². The fraction of sp³-hybridized carbons (Fsp3) is 0.588. The normalized spacial score (nSPS) is 12.2. The van der Waals surface area contributed by atoms with Crippen molar-refractivity contribution in [2.24, 2.45) is 5.92 Å². The quantitative estimate of drug-likeness (QED) is 0.666. The van der Waals surface area contributed by atoms with Crippen molar-refractivity contribution in [3.8, 4) is 5.75 Å². The van der Waals surface area contributed by atoms with Crippen molar-refractivity contribution in [2.45, 2.75) is 46.1 Å². The average molecular weight is 356 g/mol. The van der Waals surface area contributed by atoms with Crippen molar-refractivity contribution in [3.05, 3.63) is 29.8 Å². The van der Waals surface area contributed by atoms with Gasteiger partial charge in [-0.1, -0.05) is 35.3 Å². The molecule has 0 spiro atoms. The van der Waals surface area contributed by atoms with E-state index >= 15 is 0 Å². The van der Waals surface area contributed by atoms with Crippen LogP contribution in [0.5, 0.6) is 5.75 Å². The van der Waals surface area contributed by atoms with Gasteiger partial charge in [0.1, 0.15) is 5.75 Å². The van der Waals surface area contributed by atoms with E-state index in [9.17, 15) is 4.79 Å². The van der Waals surface area contributed by atoms with Crippen LogP contribution in [0.15, 0.2) is 24.3 Å². The number of benzene rings is 1. The molecule has 0 radical (unpaired) electrons. The van der Waals surface area contributed by atoms with Crippen molar-refractivity contribution in [1.29, 1.82) is 0 Å². The highest BCUT2D eigenvalue weighted by molar-refractivity contribution is 9.09. The summed E-state index contributed by atoms with van der Waals surface area (Å²) in [4.78, 5) is 12.2. The zero-order valence-corrected chi connectivity index (χ0v) is 14.8. The van der Waals surface area contributed by atoms with Crippen LogP contribution in [0.2, 0.25) is 0 Å². The number of carbonyl (C=O) groups excluding carboxylic acids is 1. The first-order valence-electron chi connectivity index (χ1n) is 7.67. The Bertz CT molecular complexity index is 429. The molecule has 0 heterocycles. The van der Waals surface area contributed by atoms with Crippen molar-refractivity contribution in [3.63, 3.8) is 0 Å². The van der Waals surface area contributed by atoms with Crippen LogP contribution < -0.4 is 10.1 Å². The molecule has 0 bridgehead atoms. The summed E-state index contributed by atoms with van der Waals surface area (Å²) in [5, 5.41) is 4.01. The molecule has 118 valence electrons. The van der Waals surface area contributed by atoms with Gasteiger partial charge in [-0.25, -0.2) is 0 Å². The number of hydrogen-bond acceptors (Lipinski definition) is 2. The smallest absolute Gasteiger partial charge is 0.251 e. The molecule has 1 amide bonds. The van der Waals surface area contributed by atoms with E-state index in [4.69, 9.17) is 4.74 Å². The van der Waals surface area contributed by atoms with E-state index < -0.39 is 0 Å². The van der Waals surface area contributed by atoms with Gasteiger partial charge in [0.2, 0.25) is 0 Å². The van der Waals surface area contributed by atoms with E-state index in [-0.39, 0.29) is 12.0 Å². The molecule has 3 nitrogen and oxygen atoms in total. The van der Waals surface area contributed by atoms with E-state index in [0.29, 0.717) is 11.5 Å². The molecule has 1 aromatic carbocycles. The van der Waals surface area contributed by atoms with Crippen LogP contribution in [0.4, 0.5) is 0 Å². The number of nitrogens with one attached hydrogen (secondary N) is 1. The Hall–Kier alpha value is -1.03. The maximum atomic E-state index is 12.2. The Morgan fingerprint density at radius 3 is 2.71 bits per heavy atom. The van der Waals surface area contributed by atoms with Crippen LogP contribution in [-0.4, -0.2) is 23.9 Å². The van der Waals surface area contributed by atoms with E-state index in [1.54, 1.807) is 6.07 Å². The molecular formula is C17H26BrNO2. The molecule has 0 aliphatic rings. The molecule has 0 aromatic heterocycles. The Morgan fingerprint density at radius 2 is 2.10 bits per heavy atom.